The Labute approximate surface area is 205 Å². The Morgan fingerprint density at radius 2 is 1.94 bits per heavy atom. The first kappa shape index (κ1) is 22.5. The van der Waals surface area contributed by atoms with Crippen LogP contribution in [0.4, 0.5) is 11.5 Å². The number of halogens is 1. The fraction of sp³-hybridized carbons (Fsp3) is 0.423. The molecule has 2 aliphatic rings. The second-order valence-electron chi connectivity index (χ2n) is 9.03. The molecule has 176 valence electrons. The van der Waals surface area contributed by atoms with E-state index in [-0.39, 0.29) is 0 Å². The molecule has 34 heavy (non-hydrogen) atoms. The van der Waals surface area contributed by atoms with Crippen LogP contribution in [0.25, 0.3) is 10.8 Å². The first-order chi connectivity index (χ1) is 16.6. The molecule has 5 rings (SSSR count). The number of fused-ring (bicyclic) bond motifs is 2. The summed E-state index contributed by atoms with van der Waals surface area (Å²) in [6.07, 6.45) is 6.12. The summed E-state index contributed by atoms with van der Waals surface area (Å²) in [7, 11) is 3.73. The van der Waals surface area contributed by atoms with Crippen LogP contribution in [-0.2, 0) is 13.0 Å². The molecule has 8 heteroatoms. The van der Waals surface area contributed by atoms with Crippen molar-refractivity contribution in [1.82, 2.24) is 14.9 Å². The van der Waals surface area contributed by atoms with Gasteiger partial charge in [-0.05, 0) is 43.2 Å². The van der Waals surface area contributed by atoms with E-state index in [1.54, 1.807) is 7.11 Å². The molecule has 0 radical (unpaired) electrons. The Bertz CT molecular complexity index is 1240. The van der Waals surface area contributed by atoms with Crippen LogP contribution in [0.2, 0.25) is 5.02 Å². The molecule has 1 aromatic heterocycles. The summed E-state index contributed by atoms with van der Waals surface area (Å²) in [4.78, 5) is 16.0. The third kappa shape index (κ3) is 4.19. The number of anilines is 2. The van der Waals surface area contributed by atoms with Gasteiger partial charge in [0, 0.05) is 49.4 Å². The Morgan fingerprint density at radius 1 is 1.12 bits per heavy atom. The van der Waals surface area contributed by atoms with Crippen molar-refractivity contribution in [3.63, 3.8) is 0 Å². The molecule has 0 saturated carbocycles. The van der Waals surface area contributed by atoms with E-state index < -0.39 is 0 Å². The Balaban J connectivity index is 1.48. The van der Waals surface area contributed by atoms with Crippen LogP contribution < -0.4 is 14.5 Å². The van der Waals surface area contributed by atoms with E-state index in [1.807, 2.05) is 17.0 Å². The molecule has 3 heterocycles. The van der Waals surface area contributed by atoms with E-state index in [0.717, 1.165) is 78.3 Å². The maximum absolute atomic E-state index is 9.30. The van der Waals surface area contributed by atoms with Crippen molar-refractivity contribution in [3.05, 3.63) is 52.7 Å². The average Bonchev–Trinajstić information content (AvgIpc) is 3.13. The minimum absolute atomic E-state index is 0.331. The minimum Gasteiger partial charge on any atom is -0.467 e. The van der Waals surface area contributed by atoms with E-state index in [2.05, 4.69) is 47.3 Å². The summed E-state index contributed by atoms with van der Waals surface area (Å²) in [6.45, 7) is 3.15. The van der Waals surface area contributed by atoms with E-state index in [0.29, 0.717) is 18.6 Å². The van der Waals surface area contributed by atoms with Crippen molar-refractivity contribution < 1.29 is 4.74 Å². The third-order valence-corrected chi connectivity index (χ3v) is 7.41. The molecule has 0 spiro atoms. The highest BCUT2D eigenvalue weighted by Crippen LogP contribution is 2.37. The van der Waals surface area contributed by atoms with Gasteiger partial charge in [0.1, 0.15) is 5.82 Å². The smallest absolute Gasteiger partial charge is 0.318 e. The number of nitrogens with zero attached hydrogens (tertiary/aromatic N) is 6. The monoisotopic (exact) mass is 476 g/mol. The fourth-order valence-corrected chi connectivity index (χ4v) is 5.53. The number of likely N-dealkylation sites (tertiary alicyclic amines) is 1. The van der Waals surface area contributed by atoms with Crippen LogP contribution in [0.15, 0.2) is 36.4 Å². The lowest BCUT2D eigenvalue weighted by molar-refractivity contribution is 0.375. The molecule has 2 aliphatic heterocycles. The van der Waals surface area contributed by atoms with E-state index in [4.69, 9.17) is 26.3 Å². The quantitative estimate of drug-likeness (QED) is 0.508. The van der Waals surface area contributed by atoms with Gasteiger partial charge >= 0.3 is 6.01 Å². The molecule has 1 atom stereocenters. The van der Waals surface area contributed by atoms with Crippen molar-refractivity contribution in [3.8, 4) is 12.2 Å². The molecule has 0 aliphatic carbocycles. The van der Waals surface area contributed by atoms with E-state index >= 15 is 0 Å². The van der Waals surface area contributed by atoms with Crippen molar-refractivity contribution in [2.24, 2.45) is 0 Å². The van der Waals surface area contributed by atoms with Gasteiger partial charge in [-0.3, -0.25) is 0 Å². The summed E-state index contributed by atoms with van der Waals surface area (Å²) >= 11 is 6.61. The van der Waals surface area contributed by atoms with Gasteiger partial charge in [0.25, 0.3) is 0 Å². The average molecular weight is 477 g/mol. The van der Waals surface area contributed by atoms with Gasteiger partial charge in [0.05, 0.1) is 24.4 Å². The number of nitriles is 1. The summed E-state index contributed by atoms with van der Waals surface area (Å²) < 4.78 is 5.51. The Morgan fingerprint density at radius 3 is 2.74 bits per heavy atom. The molecule has 7 nitrogen and oxygen atoms in total. The summed E-state index contributed by atoms with van der Waals surface area (Å²) in [5.41, 5.74) is 3.31. The maximum atomic E-state index is 9.30. The first-order valence-corrected chi connectivity index (χ1v) is 12.2. The maximum Gasteiger partial charge on any atom is 0.318 e. The standard InChI is InChI=1S/C26H29ClN6O/c1-31(19-8-5-13-32(17-28)14-11-19)25-20-12-15-33(16-22(20)29-26(30-25)34-2)23-10-4-7-18-6-3-9-21(27)24(18)23/h3-4,6-7,9-10,19H,5,8,11-16H2,1-2H3. The molecule has 0 bridgehead atoms. The molecule has 1 unspecified atom stereocenters. The lowest BCUT2D eigenvalue weighted by Crippen LogP contribution is -2.37. The van der Waals surface area contributed by atoms with Gasteiger partial charge in [-0.2, -0.15) is 15.2 Å². The van der Waals surface area contributed by atoms with Crippen molar-refractivity contribution in [1.29, 1.82) is 5.26 Å². The lowest BCUT2D eigenvalue weighted by Gasteiger charge is -2.35. The minimum atomic E-state index is 0.331. The predicted octanol–water partition coefficient (Wildman–Crippen LogP) is 4.63. The summed E-state index contributed by atoms with van der Waals surface area (Å²) in [5, 5.41) is 12.3. The summed E-state index contributed by atoms with van der Waals surface area (Å²) in [5.74, 6) is 0.952. The second-order valence-corrected chi connectivity index (χ2v) is 9.44. The predicted molar refractivity (Wildman–Crippen MR) is 136 cm³/mol. The second kappa shape index (κ2) is 9.55. The highest BCUT2D eigenvalue weighted by molar-refractivity contribution is 6.36. The first-order valence-electron chi connectivity index (χ1n) is 11.8. The molecule has 1 fully saturated rings. The number of benzene rings is 2. The van der Waals surface area contributed by atoms with Crippen LogP contribution in [0, 0.1) is 11.5 Å². The fourth-order valence-electron chi connectivity index (χ4n) is 5.26. The Kier molecular flexibility index (Phi) is 6.34. The number of rotatable bonds is 4. The highest BCUT2D eigenvalue weighted by Gasteiger charge is 2.29. The van der Waals surface area contributed by atoms with Crippen molar-refractivity contribution in [2.75, 3.05) is 43.6 Å². The van der Waals surface area contributed by atoms with Gasteiger partial charge in [0.15, 0.2) is 6.19 Å². The topological polar surface area (TPSA) is 68.5 Å². The highest BCUT2D eigenvalue weighted by atomic mass is 35.5. The number of ether oxygens (including phenoxy) is 1. The molecular weight excluding hydrogens is 448 g/mol. The SMILES string of the molecule is COc1nc2c(c(N(C)C3CCCN(C#N)CC3)n1)CCN(c1cccc3cccc(Cl)c13)C2. The largest absolute Gasteiger partial charge is 0.467 e. The number of hydrogen-bond donors (Lipinski definition) is 0. The van der Waals surface area contributed by atoms with Crippen molar-refractivity contribution >= 4 is 33.9 Å². The molecule has 2 aromatic carbocycles. The zero-order chi connectivity index (χ0) is 23.7. The normalized spacial score (nSPS) is 18.2. The number of methoxy groups -OCH3 is 1. The van der Waals surface area contributed by atoms with Gasteiger partial charge in [-0.1, -0.05) is 35.9 Å². The third-order valence-electron chi connectivity index (χ3n) is 7.10. The number of aromatic nitrogens is 2. The van der Waals surface area contributed by atoms with Crippen LogP contribution in [-0.4, -0.2) is 54.7 Å². The van der Waals surface area contributed by atoms with Crippen LogP contribution >= 0.6 is 11.6 Å². The van der Waals surface area contributed by atoms with E-state index in [9.17, 15) is 5.26 Å². The number of hydrogen-bond acceptors (Lipinski definition) is 7. The molecule has 0 amide bonds. The summed E-state index contributed by atoms with van der Waals surface area (Å²) in [6, 6.07) is 13.1. The zero-order valence-corrected chi connectivity index (χ0v) is 20.4. The molecular formula is C26H29ClN6O. The van der Waals surface area contributed by atoms with Gasteiger partial charge in [-0.25, -0.2) is 0 Å². The molecule has 1 saturated heterocycles. The Hall–Kier alpha value is -3.24. The van der Waals surface area contributed by atoms with Crippen molar-refractivity contribution in [2.45, 2.75) is 38.3 Å². The van der Waals surface area contributed by atoms with Gasteiger partial charge < -0.3 is 19.4 Å². The molecule has 3 aromatic rings. The van der Waals surface area contributed by atoms with E-state index in [1.165, 1.54) is 5.56 Å². The zero-order valence-electron chi connectivity index (χ0n) is 19.7. The van der Waals surface area contributed by atoms with Crippen LogP contribution in [0.5, 0.6) is 6.01 Å². The lowest BCUT2D eigenvalue weighted by atomic mass is 10.0. The van der Waals surface area contributed by atoms with Crippen LogP contribution in [0.3, 0.4) is 0 Å². The van der Waals surface area contributed by atoms with Gasteiger partial charge in [0.2, 0.25) is 0 Å². The molecule has 0 N–H and O–H groups in total. The van der Waals surface area contributed by atoms with Gasteiger partial charge in [-0.15, -0.1) is 0 Å². The van der Waals surface area contributed by atoms with Crippen LogP contribution in [0.1, 0.15) is 30.5 Å².